The van der Waals surface area contributed by atoms with E-state index >= 15 is 0 Å². The number of hydrogen-bond acceptors (Lipinski definition) is 6. The first kappa shape index (κ1) is 16.3. The number of carboxylic acids is 1. The predicted octanol–water partition coefficient (Wildman–Crippen LogP) is 1.75. The average molecular weight is 329 g/mol. The van der Waals surface area contributed by atoms with Crippen molar-refractivity contribution in [1.82, 2.24) is 4.98 Å². The summed E-state index contributed by atoms with van der Waals surface area (Å²) in [5, 5.41) is 19.3. The van der Waals surface area contributed by atoms with Crippen molar-refractivity contribution in [3.8, 4) is 5.75 Å². The smallest absolute Gasteiger partial charge is 0.526 e. The molecule has 2 N–H and O–H groups in total. The number of carbonyl (C=O) groups excluding carboxylic acids is 1. The summed E-state index contributed by atoms with van der Waals surface area (Å²) in [6, 6.07) is 4.81. The van der Waals surface area contributed by atoms with Gasteiger partial charge in [0.2, 0.25) is 0 Å². The number of nitrogens with zero attached hydrogens (tertiary/aromatic N) is 1. The molecule has 1 aromatic carbocycles. The molecule has 2 aromatic rings. The van der Waals surface area contributed by atoms with Gasteiger partial charge in [0.05, 0.1) is 11.3 Å². The molecule has 2 heterocycles. The van der Waals surface area contributed by atoms with E-state index in [1.807, 2.05) is 0 Å². The number of fused-ring (bicyclic) bond motifs is 1. The number of aryl methyl sites for hydroxylation is 1. The van der Waals surface area contributed by atoms with Crippen molar-refractivity contribution in [1.29, 1.82) is 0 Å². The van der Waals surface area contributed by atoms with E-state index in [-0.39, 0.29) is 23.5 Å². The SMILES string of the molecule is O=C(CCc1cocn1)C[C@H]1Cc2cccc(C(=O)O)c2OB1O. The van der Waals surface area contributed by atoms with Crippen LogP contribution in [0.15, 0.2) is 35.3 Å². The highest BCUT2D eigenvalue weighted by Crippen LogP contribution is 2.36. The van der Waals surface area contributed by atoms with Gasteiger partial charge in [-0.3, -0.25) is 4.79 Å². The quantitative estimate of drug-likeness (QED) is 0.777. The van der Waals surface area contributed by atoms with Crippen LogP contribution in [0.5, 0.6) is 5.75 Å². The molecule has 7 nitrogen and oxygen atoms in total. The number of Topliss-reactive ketones (excluding diaryl/α,β-unsaturated/α-hetero) is 1. The maximum atomic E-state index is 12.1. The van der Waals surface area contributed by atoms with Gasteiger partial charge in [-0.1, -0.05) is 12.1 Å². The number of carbonyl (C=O) groups is 2. The Bertz CT molecular complexity index is 745. The van der Waals surface area contributed by atoms with Crippen LogP contribution < -0.4 is 4.65 Å². The van der Waals surface area contributed by atoms with Crippen LogP contribution in [0.3, 0.4) is 0 Å². The molecular weight excluding hydrogens is 313 g/mol. The van der Waals surface area contributed by atoms with Gasteiger partial charge in [-0.15, -0.1) is 0 Å². The van der Waals surface area contributed by atoms with Gasteiger partial charge in [-0.2, -0.15) is 0 Å². The van der Waals surface area contributed by atoms with Gasteiger partial charge in [0.25, 0.3) is 0 Å². The summed E-state index contributed by atoms with van der Waals surface area (Å²) in [5.41, 5.74) is 1.41. The van der Waals surface area contributed by atoms with E-state index in [9.17, 15) is 14.6 Å². The van der Waals surface area contributed by atoms with E-state index in [2.05, 4.69) is 4.98 Å². The Kier molecular flexibility index (Phi) is 4.66. The van der Waals surface area contributed by atoms with E-state index in [0.29, 0.717) is 30.5 Å². The zero-order valence-corrected chi connectivity index (χ0v) is 12.8. The summed E-state index contributed by atoms with van der Waals surface area (Å²) in [7, 11) is -1.20. The summed E-state index contributed by atoms with van der Waals surface area (Å²) < 4.78 is 10.2. The fraction of sp³-hybridized carbons (Fsp3) is 0.312. The van der Waals surface area contributed by atoms with Gasteiger partial charge in [0.1, 0.15) is 17.8 Å². The van der Waals surface area contributed by atoms with Gasteiger partial charge >= 0.3 is 13.1 Å². The number of aromatic carboxylic acids is 1. The lowest BCUT2D eigenvalue weighted by Crippen LogP contribution is -2.35. The molecule has 0 fully saturated rings. The Morgan fingerprint density at radius 2 is 2.21 bits per heavy atom. The molecule has 0 unspecified atom stereocenters. The van der Waals surface area contributed by atoms with Crippen LogP contribution in [0.1, 0.15) is 34.5 Å². The van der Waals surface area contributed by atoms with Crippen LogP contribution in [0, 0.1) is 0 Å². The Balaban J connectivity index is 1.64. The topological polar surface area (TPSA) is 110 Å². The highest BCUT2D eigenvalue weighted by Gasteiger charge is 2.37. The summed E-state index contributed by atoms with van der Waals surface area (Å²) >= 11 is 0. The number of ketones is 1. The Morgan fingerprint density at radius 1 is 1.38 bits per heavy atom. The van der Waals surface area contributed by atoms with Gasteiger partial charge < -0.3 is 19.2 Å². The predicted molar refractivity (Wildman–Crippen MR) is 83.9 cm³/mol. The van der Waals surface area contributed by atoms with Crippen molar-refractivity contribution in [2.45, 2.75) is 31.5 Å². The summed E-state index contributed by atoms with van der Waals surface area (Å²) in [6.45, 7) is 0. The Morgan fingerprint density at radius 3 is 2.92 bits per heavy atom. The van der Waals surface area contributed by atoms with Crippen LogP contribution in [0.2, 0.25) is 5.82 Å². The third kappa shape index (κ3) is 3.49. The van der Waals surface area contributed by atoms with Crippen LogP contribution in [0.25, 0.3) is 0 Å². The number of oxazole rings is 1. The molecule has 0 saturated heterocycles. The highest BCUT2D eigenvalue weighted by molar-refractivity contribution is 6.47. The van der Waals surface area contributed by atoms with Crippen molar-refractivity contribution in [3.63, 3.8) is 0 Å². The Labute approximate surface area is 138 Å². The summed E-state index contributed by atoms with van der Waals surface area (Å²) in [6.07, 6.45) is 4.16. The average Bonchev–Trinajstić information content (AvgIpc) is 3.06. The summed E-state index contributed by atoms with van der Waals surface area (Å²) in [4.78, 5) is 27.3. The van der Waals surface area contributed by atoms with E-state index in [1.165, 1.54) is 18.7 Å². The van der Waals surface area contributed by atoms with Crippen LogP contribution in [-0.2, 0) is 17.6 Å². The van der Waals surface area contributed by atoms with E-state index in [0.717, 1.165) is 0 Å². The second-order valence-electron chi connectivity index (χ2n) is 5.79. The molecule has 0 saturated carbocycles. The van der Waals surface area contributed by atoms with Crippen molar-refractivity contribution >= 4 is 18.9 Å². The Hall–Kier alpha value is -2.61. The van der Waals surface area contributed by atoms with Crippen molar-refractivity contribution in [3.05, 3.63) is 47.7 Å². The first-order valence-electron chi connectivity index (χ1n) is 7.63. The molecular formula is C16H16BNO6. The van der Waals surface area contributed by atoms with Crippen LogP contribution in [0.4, 0.5) is 0 Å². The molecule has 0 aliphatic carbocycles. The lowest BCUT2D eigenvalue weighted by atomic mass is 9.64. The highest BCUT2D eigenvalue weighted by atomic mass is 16.5. The van der Waals surface area contributed by atoms with Gasteiger partial charge in [-0.05, 0) is 24.5 Å². The second kappa shape index (κ2) is 6.88. The normalized spacial score (nSPS) is 16.4. The van der Waals surface area contributed by atoms with E-state index < -0.39 is 18.9 Å². The maximum absolute atomic E-state index is 12.1. The molecule has 1 aromatic heterocycles. The fourth-order valence-corrected chi connectivity index (χ4v) is 2.85. The zero-order valence-electron chi connectivity index (χ0n) is 12.8. The molecule has 0 bridgehead atoms. The van der Waals surface area contributed by atoms with E-state index in [4.69, 9.17) is 14.2 Å². The number of hydrogen-bond donors (Lipinski definition) is 2. The van der Waals surface area contributed by atoms with Crippen molar-refractivity contribution < 1.29 is 28.8 Å². The minimum Gasteiger partial charge on any atom is -0.535 e. The molecule has 1 aliphatic heterocycles. The van der Waals surface area contributed by atoms with Gasteiger partial charge in [-0.25, -0.2) is 9.78 Å². The van der Waals surface area contributed by atoms with E-state index in [1.54, 1.807) is 12.1 Å². The van der Waals surface area contributed by atoms with Crippen molar-refractivity contribution in [2.24, 2.45) is 0 Å². The molecule has 1 atom stereocenters. The number of aromatic nitrogens is 1. The molecule has 0 radical (unpaired) electrons. The first-order chi connectivity index (χ1) is 11.5. The number of carboxylic acid groups (broad SMARTS) is 1. The summed E-state index contributed by atoms with van der Waals surface area (Å²) in [5.74, 6) is -1.33. The van der Waals surface area contributed by atoms with Gasteiger partial charge in [0, 0.05) is 18.7 Å². The zero-order chi connectivity index (χ0) is 17.1. The largest absolute Gasteiger partial charge is 0.535 e. The number of benzene rings is 1. The second-order valence-corrected chi connectivity index (χ2v) is 5.79. The van der Waals surface area contributed by atoms with Crippen LogP contribution in [-0.4, -0.2) is 34.0 Å². The van der Waals surface area contributed by atoms with Crippen molar-refractivity contribution in [2.75, 3.05) is 0 Å². The lowest BCUT2D eigenvalue weighted by molar-refractivity contribution is -0.119. The third-order valence-electron chi connectivity index (χ3n) is 4.08. The first-order valence-corrected chi connectivity index (χ1v) is 7.63. The monoisotopic (exact) mass is 329 g/mol. The molecule has 0 amide bonds. The molecule has 3 rings (SSSR count). The molecule has 8 heteroatoms. The molecule has 124 valence electrons. The minimum absolute atomic E-state index is 0.0107. The van der Waals surface area contributed by atoms with Crippen LogP contribution >= 0.6 is 0 Å². The number of rotatable bonds is 6. The molecule has 0 spiro atoms. The maximum Gasteiger partial charge on any atom is 0.526 e. The number of para-hydroxylation sites is 1. The molecule has 24 heavy (non-hydrogen) atoms. The lowest BCUT2D eigenvalue weighted by Gasteiger charge is -2.28. The standard InChI is InChI=1S/C16H16BNO6/c19-13(5-4-12-8-23-9-18-12)7-11-6-10-2-1-3-14(16(20)21)15(10)24-17(11)22/h1-3,8-9,11,22H,4-7H2,(H,20,21)/t11-/m1/s1. The van der Waals surface area contributed by atoms with Gasteiger partial charge in [0.15, 0.2) is 6.39 Å². The third-order valence-corrected chi connectivity index (χ3v) is 4.08. The fourth-order valence-electron chi connectivity index (χ4n) is 2.85. The minimum atomic E-state index is -1.20. The molecule has 1 aliphatic rings.